The SMILES string of the molecule is COc1cccc(S(=O)(=O)c2ccc(=O)n(CC(=O)Nc3c(C)cc(C)cc3C)n2)c1. The Bertz CT molecular complexity index is 1290. The molecule has 0 radical (unpaired) electrons. The summed E-state index contributed by atoms with van der Waals surface area (Å²) in [5.74, 6) is -0.113. The number of hydrogen-bond acceptors (Lipinski definition) is 6. The topological polar surface area (TPSA) is 107 Å². The van der Waals surface area contributed by atoms with Crippen molar-refractivity contribution in [3.8, 4) is 5.75 Å². The number of hydrogen-bond donors (Lipinski definition) is 1. The molecule has 0 bridgehead atoms. The van der Waals surface area contributed by atoms with Crippen molar-refractivity contribution in [3.63, 3.8) is 0 Å². The van der Waals surface area contributed by atoms with Gasteiger partial charge >= 0.3 is 0 Å². The fourth-order valence-electron chi connectivity index (χ4n) is 3.27. The van der Waals surface area contributed by atoms with Crippen molar-refractivity contribution < 1.29 is 17.9 Å². The molecule has 0 saturated heterocycles. The zero-order valence-corrected chi connectivity index (χ0v) is 18.5. The van der Waals surface area contributed by atoms with E-state index in [0.29, 0.717) is 11.4 Å². The first kappa shape index (κ1) is 22.2. The predicted molar refractivity (Wildman–Crippen MR) is 116 cm³/mol. The fourth-order valence-corrected chi connectivity index (χ4v) is 4.49. The number of benzene rings is 2. The van der Waals surface area contributed by atoms with Crippen molar-refractivity contribution >= 4 is 21.4 Å². The second-order valence-corrected chi connectivity index (χ2v) is 9.07. The summed E-state index contributed by atoms with van der Waals surface area (Å²) in [7, 11) is -2.58. The number of aryl methyl sites for hydroxylation is 3. The van der Waals surface area contributed by atoms with Gasteiger partial charge in [-0.2, -0.15) is 5.10 Å². The lowest BCUT2D eigenvalue weighted by atomic mass is 10.1. The Balaban J connectivity index is 1.89. The van der Waals surface area contributed by atoms with Crippen molar-refractivity contribution in [3.05, 3.63) is 75.6 Å². The smallest absolute Gasteiger partial charge is 0.267 e. The van der Waals surface area contributed by atoms with E-state index in [1.54, 1.807) is 12.1 Å². The lowest BCUT2D eigenvalue weighted by molar-refractivity contribution is -0.117. The molecule has 2 aromatic carbocycles. The minimum Gasteiger partial charge on any atom is -0.497 e. The van der Waals surface area contributed by atoms with Crippen LogP contribution in [0.15, 0.2) is 63.2 Å². The zero-order valence-electron chi connectivity index (χ0n) is 17.7. The molecule has 3 rings (SSSR count). The number of aromatic nitrogens is 2. The summed E-state index contributed by atoms with van der Waals surface area (Å²) in [6, 6.07) is 12.0. The molecule has 0 aliphatic rings. The highest BCUT2D eigenvalue weighted by Gasteiger charge is 2.22. The molecule has 9 heteroatoms. The molecule has 0 atom stereocenters. The van der Waals surface area contributed by atoms with Gasteiger partial charge in [-0.15, -0.1) is 0 Å². The first-order valence-corrected chi connectivity index (χ1v) is 10.9. The highest BCUT2D eigenvalue weighted by atomic mass is 32.2. The highest BCUT2D eigenvalue weighted by Crippen LogP contribution is 2.23. The van der Waals surface area contributed by atoms with Crippen LogP contribution >= 0.6 is 0 Å². The molecule has 31 heavy (non-hydrogen) atoms. The van der Waals surface area contributed by atoms with E-state index in [-0.39, 0.29) is 9.92 Å². The van der Waals surface area contributed by atoms with Gasteiger partial charge in [-0.3, -0.25) is 9.59 Å². The minimum atomic E-state index is -4.01. The zero-order chi connectivity index (χ0) is 22.8. The molecule has 1 amide bonds. The Labute approximate surface area is 180 Å². The van der Waals surface area contributed by atoms with E-state index in [0.717, 1.165) is 33.5 Å². The lowest BCUT2D eigenvalue weighted by Crippen LogP contribution is -2.30. The summed E-state index contributed by atoms with van der Waals surface area (Å²) >= 11 is 0. The number of nitrogens with one attached hydrogen (secondary N) is 1. The summed E-state index contributed by atoms with van der Waals surface area (Å²) in [5, 5.41) is 6.38. The molecular weight excluding hydrogens is 418 g/mol. The van der Waals surface area contributed by atoms with Crippen LogP contribution in [0.2, 0.25) is 0 Å². The summed E-state index contributed by atoms with van der Waals surface area (Å²) in [6.45, 7) is 5.29. The largest absolute Gasteiger partial charge is 0.497 e. The maximum absolute atomic E-state index is 12.9. The summed E-state index contributed by atoms with van der Waals surface area (Å²) in [4.78, 5) is 24.7. The van der Waals surface area contributed by atoms with Crippen LogP contribution in [0.3, 0.4) is 0 Å². The Morgan fingerprint density at radius 1 is 1.06 bits per heavy atom. The number of carbonyl (C=O) groups is 1. The maximum Gasteiger partial charge on any atom is 0.267 e. The van der Waals surface area contributed by atoms with Gasteiger partial charge in [0.1, 0.15) is 12.3 Å². The molecule has 0 unspecified atom stereocenters. The molecule has 0 spiro atoms. The van der Waals surface area contributed by atoms with Crippen LogP contribution < -0.4 is 15.6 Å². The summed E-state index contributed by atoms with van der Waals surface area (Å²) < 4.78 is 31.8. The summed E-state index contributed by atoms with van der Waals surface area (Å²) in [5.41, 5.74) is 2.92. The monoisotopic (exact) mass is 441 g/mol. The molecule has 162 valence electrons. The van der Waals surface area contributed by atoms with Gasteiger partial charge in [0.25, 0.3) is 5.56 Å². The fraction of sp³-hybridized carbons (Fsp3) is 0.227. The van der Waals surface area contributed by atoms with Gasteiger partial charge in [0.05, 0.1) is 12.0 Å². The molecule has 0 saturated carbocycles. The summed E-state index contributed by atoms with van der Waals surface area (Å²) in [6.07, 6.45) is 0. The Hall–Kier alpha value is -3.46. The van der Waals surface area contributed by atoms with Crippen molar-refractivity contribution in [2.75, 3.05) is 12.4 Å². The van der Waals surface area contributed by atoms with Crippen LogP contribution in [0.25, 0.3) is 0 Å². The minimum absolute atomic E-state index is 0.0279. The van der Waals surface area contributed by atoms with Gasteiger partial charge in [-0.25, -0.2) is 13.1 Å². The van der Waals surface area contributed by atoms with E-state index in [4.69, 9.17) is 4.74 Å². The predicted octanol–water partition coefficient (Wildman–Crippen LogP) is 2.65. The number of ether oxygens (including phenoxy) is 1. The number of sulfone groups is 1. The number of rotatable bonds is 6. The Morgan fingerprint density at radius 3 is 2.39 bits per heavy atom. The van der Waals surface area contributed by atoms with Crippen LogP contribution in [0.5, 0.6) is 5.75 Å². The first-order valence-electron chi connectivity index (χ1n) is 9.47. The molecule has 1 heterocycles. The highest BCUT2D eigenvalue weighted by molar-refractivity contribution is 7.91. The van der Waals surface area contributed by atoms with Gasteiger partial charge in [0, 0.05) is 11.8 Å². The van der Waals surface area contributed by atoms with Crippen molar-refractivity contribution in [1.82, 2.24) is 9.78 Å². The molecule has 0 aliphatic carbocycles. The number of nitrogens with zero attached hydrogens (tertiary/aromatic N) is 2. The molecule has 0 fully saturated rings. The molecular formula is C22H23N3O5S. The van der Waals surface area contributed by atoms with E-state index in [1.165, 1.54) is 19.2 Å². The van der Waals surface area contributed by atoms with Gasteiger partial charge in [0.15, 0.2) is 5.03 Å². The van der Waals surface area contributed by atoms with E-state index >= 15 is 0 Å². The normalized spacial score (nSPS) is 11.2. The van der Waals surface area contributed by atoms with E-state index in [2.05, 4.69) is 10.4 Å². The third kappa shape index (κ3) is 4.83. The van der Waals surface area contributed by atoms with Crippen molar-refractivity contribution in [1.29, 1.82) is 0 Å². The second kappa shape index (κ2) is 8.73. The third-order valence-electron chi connectivity index (χ3n) is 4.70. The number of methoxy groups -OCH3 is 1. The van der Waals surface area contributed by atoms with Crippen LogP contribution in [0.4, 0.5) is 5.69 Å². The van der Waals surface area contributed by atoms with Gasteiger partial charge in [-0.05, 0) is 56.2 Å². The van der Waals surface area contributed by atoms with E-state index in [9.17, 15) is 18.0 Å². The Kier molecular flexibility index (Phi) is 6.26. The van der Waals surface area contributed by atoms with Crippen LogP contribution in [0, 0.1) is 20.8 Å². The van der Waals surface area contributed by atoms with Crippen molar-refractivity contribution in [2.45, 2.75) is 37.2 Å². The number of amides is 1. The average molecular weight is 442 g/mol. The van der Waals surface area contributed by atoms with E-state index < -0.39 is 27.8 Å². The second-order valence-electron chi connectivity index (χ2n) is 7.17. The lowest BCUT2D eigenvalue weighted by Gasteiger charge is -2.13. The van der Waals surface area contributed by atoms with E-state index in [1.807, 2.05) is 32.9 Å². The van der Waals surface area contributed by atoms with Crippen LogP contribution in [-0.2, 0) is 21.2 Å². The quantitative estimate of drug-likeness (QED) is 0.630. The van der Waals surface area contributed by atoms with Gasteiger partial charge < -0.3 is 10.1 Å². The molecule has 3 aromatic rings. The van der Waals surface area contributed by atoms with Gasteiger partial charge in [-0.1, -0.05) is 23.8 Å². The average Bonchev–Trinajstić information content (AvgIpc) is 2.72. The molecule has 8 nitrogen and oxygen atoms in total. The maximum atomic E-state index is 12.9. The third-order valence-corrected chi connectivity index (χ3v) is 6.35. The van der Waals surface area contributed by atoms with Crippen LogP contribution in [-0.4, -0.2) is 31.2 Å². The standard InChI is InChI=1S/C22H23N3O5S/c1-14-10-15(2)22(16(3)11-14)23-19(26)13-25-21(27)9-8-20(24-25)31(28,29)18-7-5-6-17(12-18)30-4/h5-12H,13H2,1-4H3,(H,23,26). The first-order chi connectivity index (χ1) is 14.6. The van der Waals surface area contributed by atoms with Gasteiger partial charge in [0.2, 0.25) is 15.7 Å². The molecule has 1 N–H and O–H groups in total. The molecule has 0 aliphatic heterocycles. The molecule has 1 aromatic heterocycles. The van der Waals surface area contributed by atoms with Crippen molar-refractivity contribution in [2.24, 2.45) is 0 Å². The number of anilines is 1. The number of carbonyl (C=O) groups excluding carboxylic acids is 1. The Morgan fingerprint density at radius 2 is 1.74 bits per heavy atom. The van der Waals surface area contributed by atoms with Crippen LogP contribution in [0.1, 0.15) is 16.7 Å².